The van der Waals surface area contributed by atoms with E-state index in [2.05, 4.69) is 36.2 Å². The van der Waals surface area contributed by atoms with Crippen LogP contribution in [-0.2, 0) is 39.2 Å². The zero-order valence-electron chi connectivity index (χ0n) is 19.5. The van der Waals surface area contributed by atoms with Crippen molar-refractivity contribution in [2.24, 2.45) is 0 Å². The van der Waals surface area contributed by atoms with Gasteiger partial charge in [-0.3, -0.25) is 4.55 Å². The van der Waals surface area contributed by atoms with Gasteiger partial charge in [0.25, 0.3) is 10.1 Å². The first-order valence-corrected chi connectivity index (χ1v) is 14.6. The first-order valence-electron chi connectivity index (χ1n) is 11.1. The summed E-state index contributed by atoms with van der Waals surface area (Å²) in [7, 11) is -2.80. The van der Waals surface area contributed by atoms with Crippen molar-refractivity contribution in [3.05, 3.63) is 58.7 Å². The Labute approximate surface area is 197 Å². The van der Waals surface area contributed by atoms with Crippen LogP contribution < -0.4 is 4.74 Å². The molecular weight excluding hydrogens is 462 g/mol. The molecule has 0 bridgehead atoms. The van der Waals surface area contributed by atoms with E-state index in [0.29, 0.717) is 23.5 Å². The molecular formula is C24H33NO6S2. The number of fused-ring (bicyclic) bond motifs is 2. The van der Waals surface area contributed by atoms with Gasteiger partial charge in [-0.2, -0.15) is 8.42 Å². The molecule has 0 saturated heterocycles. The minimum absolute atomic E-state index is 0.260. The largest absolute Gasteiger partial charge is 0.496 e. The van der Waals surface area contributed by atoms with Gasteiger partial charge in [0.1, 0.15) is 5.75 Å². The van der Waals surface area contributed by atoms with E-state index in [1.165, 1.54) is 24.0 Å². The Morgan fingerprint density at radius 3 is 2.61 bits per heavy atom. The lowest BCUT2D eigenvalue weighted by Gasteiger charge is -2.30. The fourth-order valence-electron chi connectivity index (χ4n) is 4.69. The zero-order valence-corrected chi connectivity index (χ0v) is 21.1. The van der Waals surface area contributed by atoms with Crippen molar-refractivity contribution in [2.75, 3.05) is 39.3 Å². The van der Waals surface area contributed by atoms with Gasteiger partial charge in [0.15, 0.2) is 9.84 Å². The number of ether oxygens (including phenoxy) is 1. The standard InChI is InChI=1S/C23H29NO3S.CH4O3S/c1-24(13-11-17-9-10-18-12-14-28(25,26)23(18)15-17)16-19-5-3-7-21-20(19)6-4-8-22(21)27-2;1-5(2,3)4/h4,6,8-10,15,19H,3,5,7,11-14,16H2,1-2H3;1H3,(H,2,3,4). The van der Waals surface area contributed by atoms with Crippen molar-refractivity contribution in [3.63, 3.8) is 0 Å². The molecule has 1 aliphatic heterocycles. The summed E-state index contributed by atoms with van der Waals surface area (Å²) in [4.78, 5) is 2.93. The van der Waals surface area contributed by atoms with Gasteiger partial charge in [0.2, 0.25) is 0 Å². The van der Waals surface area contributed by atoms with E-state index < -0.39 is 20.0 Å². The topological polar surface area (TPSA) is 101 Å². The third-order valence-corrected chi connectivity index (χ3v) is 8.02. The van der Waals surface area contributed by atoms with Crippen LogP contribution in [0.5, 0.6) is 5.75 Å². The zero-order chi connectivity index (χ0) is 24.2. The lowest BCUT2D eigenvalue weighted by atomic mass is 9.82. The summed E-state index contributed by atoms with van der Waals surface area (Å²) in [6.45, 7) is 1.94. The first kappa shape index (κ1) is 25.7. The van der Waals surface area contributed by atoms with Gasteiger partial charge in [-0.05, 0) is 79.5 Å². The number of nitrogens with zero attached hydrogens (tertiary/aromatic N) is 1. The van der Waals surface area contributed by atoms with Crippen LogP contribution in [-0.4, -0.2) is 65.5 Å². The third kappa shape index (κ3) is 7.02. The molecule has 1 N–H and O–H groups in total. The van der Waals surface area contributed by atoms with E-state index in [-0.39, 0.29) is 5.75 Å². The van der Waals surface area contributed by atoms with E-state index in [1.807, 2.05) is 12.1 Å². The van der Waals surface area contributed by atoms with Crippen molar-refractivity contribution >= 4 is 20.0 Å². The molecule has 1 heterocycles. The van der Waals surface area contributed by atoms with Crippen molar-refractivity contribution in [3.8, 4) is 5.75 Å². The number of rotatable bonds is 6. The van der Waals surface area contributed by atoms with Crippen LogP contribution in [0, 0.1) is 0 Å². The monoisotopic (exact) mass is 495 g/mol. The lowest BCUT2D eigenvalue weighted by Crippen LogP contribution is -2.28. The van der Waals surface area contributed by atoms with Gasteiger partial charge in [0, 0.05) is 13.1 Å². The normalized spacial score (nSPS) is 18.8. The number of aryl methyl sites for hydroxylation is 1. The molecule has 2 aliphatic rings. The van der Waals surface area contributed by atoms with Crippen LogP contribution in [0.3, 0.4) is 0 Å². The van der Waals surface area contributed by atoms with Gasteiger partial charge in [-0.15, -0.1) is 0 Å². The van der Waals surface area contributed by atoms with E-state index in [0.717, 1.165) is 42.8 Å². The van der Waals surface area contributed by atoms with E-state index in [1.54, 1.807) is 7.11 Å². The van der Waals surface area contributed by atoms with Gasteiger partial charge in [0.05, 0.1) is 24.0 Å². The molecule has 33 heavy (non-hydrogen) atoms. The van der Waals surface area contributed by atoms with E-state index in [9.17, 15) is 16.8 Å². The molecule has 1 unspecified atom stereocenters. The number of hydrogen-bond acceptors (Lipinski definition) is 6. The van der Waals surface area contributed by atoms with Crippen LogP contribution in [0.25, 0.3) is 0 Å². The molecule has 0 aromatic heterocycles. The Hall–Kier alpha value is -1.94. The fourth-order valence-corrected chi connectivity index (χ4v) is 6.30. The van der Waals surface area contributed by atoms with Gasteiger partial charge < -0.3 is 9.64 Å². The lowest BCUT2D eigenvalue weighted by molar-refractivity contribution is 0.299. The molecule has 0 spiro atoms. The highest BCUT2D eigenvalue weighted by molar-refractivity contribution is 7.91. The summed E-state index contributed by atoms with van der Waals surface area (Å²) in [6, 6.07) is 12.4. The third-order valence-electron chi connectivity index (χ3n) is 6.23. The predicted molar refractivity (Wildman–Crippen MR) is 130 cm³/mol. The maximum atomic E-state index is 12.2. The molecule has 9 heteroatoms. The number of likely N-dealkylation sites (N-methyl/N-ethyl adjacent to an activating group) is 1. The summed E-state index contributed by atoms with van der Waals surface area (Å²) >= 11 is 0. The summed E-state index contributed by atoms with van der Waals surface area (Å²) in [6.07, 6.45) is 5.76. The SMILES string of the molecule is COc1cccc2c1CCCC2CN(C)CCc1ccc2c(c1)S(=O)(=O)CC2.CS(=O)(=O)O. The summed E-state index contributed by atoms with van der Waals surface area (Å²) in [5.41, 5.74) is 4.89. The van der Waals surface area contributed by atoms with E-state index in [4.69, 9.17) is 9.29 Å². The predicted octanol–water partition coefficient (Wildman–Crippen LogP) is 3.12. The number of sulfone groups is 1. The average Bonchev–Trinajstić information content (AvgIpc) is 3.05. The molecule has 4 rings (SSSR count). The molecule has 1 aliphatic carbocycles. The second kappa shape index (κ2) is 10.5. The minimum atomic E-state index is -3.67. The van der Waals surface area contributed by atoms with Crippen molar-refractivity contribution in [1.29, 1.82) is 0 Å². The van der Waals surface area contributed by atoms with Crippen LogP contribution in [0.4, 0.5) is 0 Å². The molecule has 0 amide bonds. The van der Waals surface area contributed by atoms with Crippen molar-refractivity contribution < 1.29 is 26.1 Å². The Balaban J connectivity index is 0.000000555. The van der Waals surface area contributed by atoms with Crippen molar-refractivity contribution in [2.45, 2.75) is 42.9 Å². The maximum absolute atomic E-state index is 12.2. The highest BCUT2D eigenvalue weighted by atomic mass is 32.2. The second-order valence-electron chi connectivity index (χ2n) is 8.87. The highest BCUT2D eigenvalue weighted by Crippen LogP contribution is 2.37. The molecule has 182 valence electrons. The van der Waals surface area contributed by atoms with Crippen LogP contribution in [0.2, 0.25) is 0 Å². The second-order valence-corrected chi connectivity index (χ2v) is 12.4. The van der Waals surface area contributed by atoms with E-state index >= 15 is 0 Å². The summed E-state index contributed by atoms with van der Waals surface area (Å²) < 4.78 is 55.7. The Morgan fingerprint density at radius 2 is 1.91 bits per heavy atom. The molecule has 2 aromatic carbocycles. The molecule has 7 nitrogen and oxygen atoms in total. The first-order chi connectivity index (χ1) is 15.5. The van der Waals surface area contributed by atoms with Gasteiger partial charge >= 0.3 is 0 Å². The molecule has 0 saturated carbocycles. The fraction of sp³-hybridized carbons (Fsp3) is 0.500. The van der Waals surface area contributed by atoms with Crippen LogP contribution in [0.15, 0.2) is 41.3 Å². The highest BCUT2D eigenvalue weighted by Gasteiger charge is 2.26. The molecule has 0 radical (unpaired) electrons. The van der Waals surface area contributed by atoms with Crippen LogP contribution in [0.1, 0.15) is 41.0 Å². The molecule has 1 atom stereocenters. The number of hydrogen-bond donors (Lipinski definition) is 1. The molecule has 2 aromatic rings. The van der Waals surface area contributed by atoms with Gasteiger partial charge in [-0.25, -0.2) is 8.42 Å². The Morgan fingerprint density at radius 1 is 1.18 bits per heavy atom. The van der Waals surface area contributed by atoms with Crippen LogP contribution >= 0.6 is 0 Å². The van der Waals surface area contributed by atoms with Gasteiger partial charge in [-0.1, -0.05) is 24.3 Å². The Bertz CT molecular complexity index is 1180. The minimum Gasteiger partial charge on any atom is -0.496 e. The number of benzene rings is 2. The number of methoxy groups -OCH3 is 1. The maximum Gasteiger partial charge on any atom is 0.261 e. The smallest absolute Gasteiger partial charge is 0.261 e. The average molecular weight is 496 g/mol. The Kier molecular flexibility index (Phi) is 8.21. The van der Waals surface area contributed by atoms with Crippen molar-refractivity contribution in [1.82, 2.24) is 4.90 Å². The summed E-state index contributed by atoms with van der Waals surface area (Å²) in [5.74, 6) is 1.81. The summed E-state index contributed by atoms with van der Waals surface area (Å²) in [5, 5.41) is 0. The molecule has 0 fully saturated rings. The quantitative estimate of drug-likeness (QED) is 0.615.